The molecule has 0 N–H and O–H groups in total. The van der Waals surface area contributed by atoms with Crippen LogP contribution in [0.4, 0.5) is 0 Å². The van der Waals surface area contributed by atoms with Gasteiger partial charge in [0.05, 0.1) is 41.4 Å². The second-order valence-electron chi connectivity index (χ2n) is 9.84. The highest BCUT2D eigenvalue weighted by atomic mass is 35.7. The van der Waals surface area contributed by atoms with Gasteiger partial charge in [-0.2, -0.15) is 0 Å². The van der Waals surface area contributed by atoms with E-state index in [-0.39, 0.29) is 21.8 Å². The monoisotopic (exact) mass is 714 g/mol. The standard InChI is InChI=1S/C30H28S4.2ClHO4/c1-20(2)30(34-28-18-10-6-14-24(28)32-25-15-7-11-19-29(25)34)21(3)33-26-16-8-4-12-22(26)31-23-13-5-9-17-27(23)33;2*2-1(3,4)5/h4-21,30H,1-3H3;2*(H,2,3,4,5)/q+2;;/p-2. The molecule has 2 aliphatic heterocycles. The SMILES string of the molecule is CC(C)C(C(C)[S+]1c2ccccc2Sc2ccccc21)[S+]1c2ccccc2Sc2ccccc21.[O-][Cl+3]([O-])([O-])[O-].[O-][Cl+3]([O-])([O-])[O-]. The maximum absolute atomic E-state index is 8.49. The molecule has 4 aromatic rings. The molecule has 2 unspecified atom stereocenters. The first kappa shape index (κ1) is 35.4. The van der Waals surface area contributed by atoms with E-state index >= 15 is 0 Å². The molecule has 0 spiro atoms. The Balaban J connectivity index is 0.000000386. The molecule has 0 fully saturated rings. The lowest BCUT2D eigenvalue weighted by Gasteiger charge is -2.31. The Kier molecular flexibility index (Phi) is 12.0. The van der Waals surface area contributed by atoms with Crippen molar-refractivity contribution in [1.82, 2.24) is 0 Å². The highest BCUT2D eigenvalue weighted by Gasteiger charge is 2.54. The molecule has 0 aromatic heterocycles. The average Bonchev–Trinajstić information content (AvgIpc) is 2.93. The third-order valence-corrected chi connectivity index (χ3v) is 15.4. The van der Waals surface area contributed by atoms with Crippen LogP contribution >= 0.6 is 23.5 Å². The fourth-order valence-electron chi connectivity index (χ4n) is 5.17. The summed E-state index contributed by atoms with van der Waals surface area (Å²) < 4.78 is 67.9. The minimum Gasteiger partial charge on any atom is -0.222 e. The fourth-order valence-corrected chi connectivity index (χ4v) is 14.6. The lowest BCUT2D eigenvalue weighted by molar-refractivity contribution is -2.00. The molecule has 0 amide bonds. The minimum atomic E-state index is -4.94. The quantitative estimate of drug-likeness (QED) is 0.245. The van der Waals surface area contributed by atoms with Crippen molar-refractivity contribution in [3.8, 4) is 0 Å². The van der Waals surface area contributed by atoms with Crippen LogP contribution in [0.1, 0.15) is 20.8 Å². The highest BCUT2D eigenvalue weighted by molar-refractivity contribution is 8.06. The minimum absolute atomic E-state index is 0.0315. The third-order valence-electron chi connectivity index (χ3n) is 6.55. The summed E-state index contributed by atoms with van der Waals surface area (Å²) in [6.07, 6.45) is 0. The second-order valence-corrected chi connectivity index (χ2v) is 17.9. The summed E-state index contributed by atoms with van der Waals surface area (Å²) in [5.41, 5.74) is 0. The second kappa shape index (κ2) is 15.0. The number of benzene rings is 4. The van der Waals surface area contributed by atoms with Crippen LogP contribution in [-0.4, -0.2) is 10.5 Å². The molecular weight excluding hydrogens is 687 g/mol. The molecule has 8 nitrogen and oxygen atoms in total. The van der Waals surface area contributed by atoms with Gasteiger partial charge in [0.15, 0.2) is 30.1 Å². The Morgan fingerprint density at radius 3 is 0.977 bits per heavy atom. The average molecular weight is 716 g/mol. The van der Waals surface area contributed by atoms with Gasteiger partial charge in [0.25, 0.3) is 0 Å². The molecule has 0 bridgehead atoms. The van der Waals surface area contributed by atoms with E-state index in [1.165, 1.54) is 39.2 Å². The Morgan fingerprint density at radius 2 is 0.705 bits per heavy atom. The molecule has 2 atom stereocenters. The van der Waals surface area contributed by atoms with Crippen molar-refractivity contribution in [3.63, 3.8) is 0 Å². The van der Waals surface area contributed by atoms with Crippen LogP contribution in [0.2, 0.25) is 0 Å². The fraction of sp³-hybridized carbons (Fsp3) is 0.200. The summed E-state index contributed by atoms with van der Waals surface area (Å²) >= 11 is 3.89. The van der Waals surface area contributed by atoms with Crippen LogP contribution in [0.3, 0.4) is 0 Å². The van der Waals surface area contributed by atoms with Gasteiger partial charge in [-0.25, -0.2) is 37.3 Å². The van der Waals surface area contributed by atoms with Crippen LogP contribution in [0.25, 0.3) is 0 Å². The first-order valence-corrected chi connectivity index (χ1v) is 19.7. The molecule has 0 aliphatic carbocycles. The van der Waals surface area contributed by atoms with Crippen LogP contribution in [-0.2, 0) is 21.8 Å². The van der Waals surface area contributed by atoms with E-state index in [4.69, 9.17) is 37.3 Å². The number of halogens is 2. The molecular formula is C30H28Cl2O8S4. The maximum atomic E-state index is 8.49. The number of hydrogen-bond donors (Lipinski definition) is 0. The van der Waals surface area contributed by atoms with E-state index < -0.39 is 20.5 Å². The molecule has 234 valence electrons. The predicted octanol–water partition coefficient (Wildman–Crippen LogP) is -0.710. The van der Waals surface area contributed by atoms with Crippen molar-refractivity contribution in [3.05, 3.63) is 97.1 Å². The van der Waals surface area contributed by atoms with Gasteiger partial charge in [-0.15, -0.1) is 20.5 Å². The zero-order valence-corrected chi connectivity index (χ0v) is 28.4. The van der Waals surface area contributed by atoms with Crippen LogP contribution in [0, 0.1) is 26.4 Å². The van der Waals surface area contributed by atoms with Crippen molar-refractivity contribution in [2.45, 2.75) is 70.4 Å². The van der Waals surface area contributed by atoms with Crippen molar-refractivity contribution < 1.29 is 57.8 Å². The lowest BCUT2D eigenvalue weighted by Crippen LogP contribution is -2.68. The molecule has 4 aromatic carbocycles. The van der Waals surface area contributed by atoms with E-state index in [0.29, 0.717) is 16.4 Å². The molecule has 0 saturated heterocycles. The lowest BCUT2D eigenvalue weighted by atomic mass is 10.1. The van der Waals surface area contributed by atoms with E-state index in [1.54, 1.807) is 0 Å². The number of hydrogen-bond acceptors (Lipinski definition) is 10. The van der Waals surface area contributed by atoms with Crippen LogP contribution in [0.5, 0.6) is 0 Å². The Labute approximate surface area is 274 Å². The van der Waals surface area contributed by atoms with Crippen LogP contribution in [0.15, 0.2) is 136 Å². The molecule has 14 heteroatoms. The molecule has 0 radical (unpaired) electrons. The first-order chi connectivity index (χ1) is 20.6. The zero-order valence-electron chi connectivity index (χ0n) is 23.6. The summed E-state index contributed by atoms with van der Waals surface area (Å²) in [7, 11) is -9.82. The smallest absolute Gasteiger partial charge is 0.178 e. The Hall–Kier alpha value is -1.46. The maximum Gasteiger partial charge on any atom is 0.178 e. The van der Waals surface area contributed by atoms with Gasteiger partial charge >= 0.3 is 0 Å². The topological polar surface area (TPSA) is 184 Å². The Morgan fingerprint density at radius 1 is 0.455 bits per heavy atom. The normalized spacial score (nSPS) is 15.7. The van der Waals surface area contributed by atoms with Crippen molar-refractivity contribution in [2.75, 3.05) is 0 Å². The van der Waals surface area contributed by atoms with Crippen molar-refractivity contribution in [1.29, 1.82) is 0 Å². The van der Waals surface area contributed by atoms with Gasteiger partial charge in [0.2, 0.25) is 0 Å². The first-order valence-electron chi connectivity index (χ1n) is 13.0. The molecule has 0 saturated carbocycles. The Bertz CT molecular complexity index is 1450. The summed E-state index contributed by atoms with van der Waals surface area (Å²) in [5.74, 6) is 0.573. The van der Waals surface area contributed by atoms with E-state index in [1.807, 2.05) is 23.5 Å². The highest BCUT2D eigenvalue weighted by Crippen LogP contribution is 2.52. The summed E-state index contributed by atoms with van der Waals surface area (Å²) in [6, 6.07) is 36.5. The molecule has 2 aliphatic rings. The molecule has 6 rings (SSSR count). The summed E-state index contributed by atoms with van der Waals surface area (Å²) in [6.45, 7) is 7.43. The van der Waals surface area contributed by atoms with Crippen molar-refractivity contribution >= 4 is 45.3 Å². The van der Waals surface area contributed by atoms with E-state index in [0.717, 1.165) is 0 Å². The van der Waals surface area contributed by atoms with Gasteiger partial charge in [0, 0.05) is 5.92 Å². The van der Waals surface area contributed by atoms with E-state index in [9.17, 15) is 0 Å². The molecule has 44 heavy (non-hydrogen) atoms. The van der Waals surface area contributed by atoms with E-state index in [2.05, 4.69) is 118 Å². The van der Waals surface area contributed by atoms with Gasteiger partial charge < -0.3 is 0 Å². The molecule has 2 heterocycles. The van der Waals surface area contributed by atoms with Crippen LogP contribution < -0.4 is 37.3 Å². The summed E-state index contributed by atoms with van der Waals surface area (Å²) in [5, 5.41) is 1.08. The number of rotatable bonds is 4. The largest absolute Gasteiger partial charge is 0.222 e. The predicted molar refractivity (Wildman–Crippen MR) is 150 cm³/mol. The number of fused-ring (bicyclic) bond motifs is 4. The van der Waals surface area contributed by atoms with Crippen molar-refractivity contribution in [2.24, 2.45) is 5.92 Å². The van der Waals surface area contributed by atoms with Gasteiger partial charge in [-0.1, -0.05) is 85.9 Å². The van der Waals surface area contributed by atoms with Gasteiger partial charge in [-0.05, 0) is 55.5 Å². The van der Waals surface area contributed by atoms with Gasteiger partial charge in [-0.3, -0.25) is 0 Å². The third kappa shape index (κ3) is 9.30. The summed E-state index contributed by atoms with van der Waals surface area (Å²) in [4.78, 5) is 11.9. The zero-order chi connectivity index (χ0) is 32.2. The van der Waals surface area contributed by atoms with Gasteiger partial charge in [0.1, 0.15) is 0 Å².